The molecule has 1 atom stereocenters. The maximum Gasteiger partial charge on any atom is 0.142 e. The molecule has 1 saturated heterocycles. The molecule has 14 heavy (non-hydrogen) atoms. The van der Waals surface area contributed by atoms with E-state index in [-0.39, 0.29) is 6.04 Å². The van der Waals surface area contributed by atoms with Crippen molar-refractivity contribution >= 4 is 0 Å². The highest BCUT2D eigenvalue weighted by Gasteiger charge is 2.19. The molecule has 1 fully saturated rings. The number of nitrogens with one attached hydrogen (secondary N) is 1. The number of aromatic nitrogens is 1. The van der Waals surface area contributed by atoms with E-state index in [1.165, 1.54) is 0 Å². The molecule has 0 amide bonds. The lowest BCUT2D eigenvalue weighted by Crippen LogP contribution is -2.35. The summed E-state index contributed by atoms with van der Waals surface area (Å²) in [5, 5.41) is 3.34. The van der Waals surface area contributed by atoms with Gasteiger partial charge in [0.25, 0.3) is 0 Å². The van der Waals surface area contributed by atoms with Gasteiger partial charge in [-0.15, -0.1) is 0 Å². The van der Waals surface area contributed by atoms with E-state index in [9.17, 15) is 0 Å². The first-order chi connectivity index (χ1) is 6.92. The van der Waals surface area contributed by atoms with Crippen LogP contribution in [0.25, 0.3) is 0 Å². The van der Waals surface area contributed by atoms with Crippen LogP contribution in [0.3, 0.4) is 0 Å². The summed E-state index contributed by atoms with van der Waals surface area (Å²) in [4.78, 5) is 4.31. The van der Waals surface area contributed by atoms with Crippen LogP contribution in [-0.4, -0.2) is 31.9 Å². The van der Waals surface area contributed by atoms with Crippen molar-refractivity contribution in [1.29, 1.82) is 0 Å². The summed E-state index contributed by atoms with van der Waals surface area (Å²) in [5.74, 6) is 0.815. The van der Waals surface area contributed by atoms with Gasteiger partial charge in [-0.3, -0.25) is 4.98 Å². The maximum atomic E-state index is 5.38. The number of morpholine rings is 1. The average Bonchev–Trinajstić information content (AvgIpc) is 2.30. The first-order valence-electron chi connectivity index (χ1n) is 4.72. The third-order valence-corrected chi connectivity index (χ3v) is 2.27. The molecule has 0 saturated carbocycles. The number of ether oxygens (including phenoxy) is 2. The predicted octanol–water partition coefficient (Wildman–Crippen LogP) is 0.751. The summed E-state index contributed by atoms with van der Waals surface area (Å²) < 4.78 is 10.6. The lowest BCUT2D eigenvalue weighted by atomic mass is 10.1. The molecule has 2 heterocycles. The standard InChI is InChI=1S/C10H14N2O2/c1-13-9-3-2-4-12-10(9)8-7-14-6-5-11-8/h2-4,8,11H,5-7H2,1H3. The lowest BCUT2D eigenvalue weighted by Gasteiger charge is -2.24. The third-order valence-electron chi connectivity index (χ3n) is 2.27. The van der Waals surface area contributed by atoms with E-state index in [1.807, 2.05) is 12.1 Å². The molecule has 0 spiro atoms. The minimum atomic E-state index is 0.153. The number of nitrogens with zero attached hydrogens (tertiary/aromatic N) is 1. The molecule has 4 nitrogen and oxygen atoms in total. The molecule has 1 aromatic heterocycles. The van der Waals surface area contributed by atoms with E-state index >= 15 is 0 Å². The van der Waals surface area contributed by atoms with Crippen molar-refractivity contribution in [2.45, 2.75) is 6.04 Å². The molecule has 1 unspecified atom stereocenters. The van der Waals surface area contributed by atoms with Gasteiger partial charge < -0.3 is 14.8 Å². The van der Waals surface area contributed by atoms with Gasteiger partial charge in [0.15, 0.2) is 0 Å². The quantitative estimate of drug-likeness (QED) is 0.754. The van der Waals surface area contributed by atoms with Crippen LogP contribution < -0.4 is 10.1 Å². The Hall–Kier alpha value is -1.13. The Morgan fingerprint density at radius 3 is 3.29 bits per heavy atom. The number of hydrogen-bond acceptors (Lipinski definition) is 4. The second kappa shape index (κ2) is 4.39. The van der Waals surface area contributed by atoms with Crippen molar-refractivity contribution in [2.75, 3.05) is 26.9 Å². The normalized spacial score (nSPS) is 21.9. The van der Waals surface area contributed by atoms with Gasteiger partial charge in [-0.25, -0.2) is 0 Å². The van der Waals surface area contributed by atoms with Gasteiger partial charge >= 0.3 is 0 Å². The van der Waals surface area contributed by atoms with E-state index in [2.05, 4.69) is 10.3 Å². The van der Waals surface area contributed by atoms with Crippen molar-refractivity contribution in [1.82, 2.24) is 10.3 Å². The molecule has 76 valence electrons. The topological polar surface area (TPSA) is 43.4 Å². The number of methoxy groups -OCH3 is 1. The highest BCUT2D eigenvalue weighted by molar-refractivity contribution is 5.29. The molecule has 4 heteroatoms. The Kier molecular flexibility index (Phi) is 2.96. The van der Waals surface area contributed by atoms with E-state index < -0.39 is 0 Å². The van der Waals surface area contributed by atoms with Gasteiger partial charge in [0, 0.05) is 12.7 Å². The van der Waals surface area contributed by atoms with Crippen LogP contribution in [0.1, 0.15) is 11.7 Å². The maximum absolute atomic E-state index is 5.38. The van der Waals surface area contributed by atoms with Crippen LogP contribution in [0.4, 0.5) is 0 Å². The van der Waals surface area contributed by atoms with Crippen molar-refractivity contribution in [3.63, 3.8) is 0 Å². The molecule has 1 N–H and O–H groups in total. The van der Waals surface area contributed by atoms with Crippen LogP contribution in [0, 0.1) is 0 Å². The Morgan fingerprint density at radius 2 is 2.57 bits per heavy atom. The largest absolute Gasteiger partial charge is 0.495 e. The Bertz CT molecular complexity index is 298. The fourth-order valence-electron chi connectivity index (χ4n) is 1.58. The Labute approximate surface area is 83.2 Å². The highest BCUT2D eigenvalue weighted by atomic mass is 16.5. The summed E-state index contributed by atoms with van der Waals surface area (Å²) in [6, 6.07) is 3.94. The zero-order valence-electron chi connectivity index (χ0n) is 8.19. The van der Waals surface area contributed by atoms with E-state index in [0.717, 1.165) is 24.6 Å². The zero-order valence-corrected chi connectivity index (χ0v) is 8.19. The average molecular weight is 194 g/mol. The summed E-state index contributed by atoms with van der Waals surface area (Å²) in [6.45, 7) is 2.30. The van der Waals surface area contributed by atoms with Crippen molar-refractivity contribution in [2.24, 2.45) is 0 Å². The van der Waals surface area contributed by atoms with Gasteiger partial charge in [0.2, 0.25) is 0 Å². The summed E-state index contributed by atoms with van der Waals surface area (Å²) in [5.41, 5.74) is 0.926. The second-order valence-corrected chi connectivity index (χ2v) is 3.17. The molecule has 0 bridgehead atoms. The molecule has 0 aromatic carbocycles. The van der Waals surface area contributed by atoms with Crippen LogP contribution in [0.15, 0.2) is 18.3 Å². The fourth-order valence-corrected chi connectivity index (χ4v) is 1.58. The van der Waals surface area contributed by atoms with E-state index in [1.54, 1.807) is 13.3 Å². The molecule has 0 radical (unpaired) electrons. The molecular weight excluding hydrogens is 180 g/mol. The Morgan fingerprint density at radius 1 is 1.64 bits per heavy atom. The predicted molar refractivity (Wildman–Crippen MR) is 52.4 cm³/mol. The van der Waals surface area contributed by atoms with Crippen molar-refractivity contribution in [3.8, 4) is 5.75 Å². The van der Waals surface area contributed by atoms with Gasteiger partial charge in [0.1, 0.15) is 11.4 Å². The highest BCUT2D eigenvalue weighted by Crippen LogP contribution is 2.23. The minimum absolute atomic E-state index is 0.153. The van der Waals surface area contributed by atoms with Crippen LogP contribution >= 0.6 is 0 Å². The summed E-state index contributed by atoms with van der Waals surface area (Å²) in [6.07, 6.45) is 1.77. The van der Waals surface area contributed by atoms with E-state index in [4.69, 9.17) is 9.47 Å². The van der Waals surface area contributed by atoms with Gasteiger partial charge in [-0.1, -0.05) is 0 Å². The number of pyridine rings is 1. The van der Waals surface area contributed by atoms with E-state index in [0.29, 0.717) is 6.61 Å². The second-order valence-electron chi connectivity index (χ2n) is 3.17. The van der Waals surface area contributed by atoms with Gasteiger partial charge in [0.05, 0.1) is 26.4 Å². The molecular formula is C10H14N2O2. The number of hydrogen-bond donors (Lipinski definition) is 1. The SMILES string of the molecule is COc1cccnc1C1COCCN1. The molecule has 2 rings (SSSR count). The first kappa shape index (κ1) is 9.43. The summed E-state index contributed by atoms with van der Waals surface area (Å²) in [7, 11) is 1.66. The third kappa shape index (κ3) is 1.86. The van der Waals surface area contributed by atoms with Crippen molar-refractivity contribution < 1.29 is 9.47 Å². The monoisotopic (exact) mass is 194 g/mol. The molecule has 1 aliphatic heterocycles. The van der Waals surface area contributed by atoms with Crippen LogP contribution in [0.5, 0.6) is 5.75 Å². The number of rotatable bonds is 2. The molecule has 1 aromatic rings. The van der Waals surface area contributed by atoms with Crippen LogP contribution in [0.2, 0.25) is 0 Å². The van der Waals surface area contributed by atoms with Crippen LogP contribution in [-0.2, 0) is 4.74 Å². The minimum Gasteiger partial charge on any atom is -0.495 e. The lowest BCUT2D eigenvalue weighted by molar-refractivity contribution is 0.0747. The fraction of sp³-hybridized carbons (Fsp3) is 0.500. The van der Waals surface area contributed by atoms with Gasteiger partial charge in [-0.05, 0) is 12.1 Å². The zero-order chi connectivity index (χ0) is 9.80. The Balaban J connectivity index is 2.20. The van der Waals surface area contributed by atoms with Crippen molar-refractivity contribution in [3.05, 3.63) is 24.0 Å². The summed E-state index contributed by atoms with van der Waals surface area (Å²) >= 11 is 0. The first-order valence-corrected chi connectivity index (χ1v) is 4.72. The molecule has 0 aliphatic carbocycles. The van der Waals surface area contributed by atoms with Gasteiger partial charge in [-0.2, -0.15) is 0 Å². The molecule has 1 aliphatic rings. The smallest absolute Gasteiger partial charge is 0.142 e.